The van der Waals surface area contributed by atoms with Crippen molar-refractivity contribution in [3.63, 3.8) is 0 Å². The van der Waals surface area contributed by atoms with E-state index in [2.05, 4.69) is 15.8 Å². The molecular formula is C12H14BO3P. The molecule has 88 valence electrons. The highest BCUT2D eigenvalue weighted by atomic mass is 31.0. The summed E-state index contributed by atoms with van der Waals surface area (Å²) in [7, 11) is 1.61. The quantitative estimate of drug-likeness (QED) is 0.590. The summed E-state index contributed by atoms with van der Waals surface area (Å²) < 4.78 is 11.3. The molecule has 1 aliphatic rings. The van der Waals surface area contributed by atoms with Gasteiger partial charge in [-0.15, -0.1) is 0 Å². The van der Waals surface area contributed by atoms with E-state index in [1.165, 1.54) is 0 Å². The van der Waals surface area contributed by atoms with Crippen LogP contribution in [0.4, 0.5) is 0 Å². The first-order valence-corrected chi connectivity index (χ1v) is 5.92. The van der Waals surface area contributed by atoms with Gasteiger partial charge in [0.05, 0.1) is 5.76 Å². The van der Waals surface area contributed by atoms with Crippen LogP contribution < -0.4 is 5.46 Å². The van der Waals surface area contributed by atoms with E-state index in [0.29, 0.717) is 11.3 Å². The third-order valence-electron chi connectivity index (χ3n) is 2.80. The molecule has 1 atom stereocenters. The summed E-state index contributed by atoms with van der Waals surface area (Å²) >= 11 is 0. The molecule has 0 aromatic heterocycles. The molecule has 0 amide bonds. The largest absolute Gasteiger partial charge is 0.564 e. The minimum Gasteiger partial charge on any atom is -0.534 e. The molecule has 1 aliphatic heterocycles. The molecule has 0 aliphatic carbocycles. The first-order chi connectivity index (χ1) is 7.92. The van der Waals surface area contributed by atoms with Gasteiger partial charge in [0.1, 0.15) is 5.60 Å². The Labute approximate surface area is 104 Å². The summed E-state index contributed by atoms with van der Waals surface area (Å²) in [6.07, 6.45) is 0. The Hall–Kier alpha value is -1.12. The van der Waals surface area contributed by atoms with Gasteiger partial charge in [0.15, 0.2) is 5.52 Å². The average molecular weight is 248 g/mol. The van der Waals surface area contributed by atoms with Crippen molar-refractivity contribution in [2.75, 3.05) is 0 Å². The molecule has 1 saturated heterocycles. The van der Waals surface area contributed by atoms with Crippen molar-refractivity contribution in [2.45, 2.75) is 19.4 Å². The molecule has 1 fully saturated rings. The molecule has 0 N–H and O–H groups in total. The Kier molecular flexibility index (Phi) is 3.11. The molecule has 5 heteroatoms. The molecule has 0 saturated carbocycles. The van der Waals surface area contributed by atoms with E-state index in [0.717, 1.165) is 5.46 Å². The van der Waals surface area contributed by atoms with Crippen LogP contribution in [0.25, 0.3) is 0 Å². The lowest BCUT2D eigenvalue weighted by molar-refractivity contribution is 0.108. The topological polar surface area (TPSA) is 35.5 Å². The molecule has 0 spiro atoms. The van der Waals surface area contributed by atoms with Crippen LogP contribution in [0.5, 0.6) is 0 Å². The first-order valence-electron chi connectivity index (χ1n) is 5.34. The van der Waals surface area contributed by atoms with Crippen molar-refractivity contribution in [2.24, 2.45) is 0 Å². The number of carbonyl (C=O) groups is 1. The van der Waals surface area contributed by atoms with Crippen molar-refractivity contribution < 1.29 is 14.1 Å². The van der Waals surface area contributed by atoms with Crippen LogP contribution in [-0.4, -0.2) is 18.2 Å². The number of carbonyl (C=O) groups excluding carboxylic acids is 1. The molecule has 0 radical (unpaired) electrons. The van der Waals surface area contributed by atoms with Crippen molar-refractivity contribution in [1.82, 2.24) is 0 Å². The second-order valence-electron chi connectivity index (χ2n) is 4.45. The van der Waals surface area contributed by atoms with Gasteiger partial charge >= 0.3 is 7.12 Å². The van der Waals surface area contributed by atoms with Gasteiger partial charge in [-0.2, -0.15) is 0 Å². The molecule has 2 rings (SSSR count). The number of benzene rings is 1. The van der Waals surface area contributed by atoms with Crippen LogP contribution in [0.2, 0.25) is 0 Å². The Bertz CT molecular complexity index is 484. The predicted octanol–water partition coefficient (Wildman–Crippen LogP) is 1.74. The fraction of sp³-hybridized carbons (Fsp3) is 0.250. The SMILES string of the molecule is C=C1OB(c2ccccc2C(=O)P)OC1(C)C. The third-order valence-corrected chi connectivity index (χ3v) is 3.11. The molecule has 1 heterocycles. The van der Waals surface area contributed by atoms with Gasteiger partial charge in [0, 0.05) is 11.0 Å². The van der Waals surface area contributed by atoms with Crippen LogP contribution in [0, 0.1) is 0 Å². The summed E-state index contributed by atoms with van der Waals surface area (Å²) in [5.41, 5.74) is 0.720. The van der Waals surface area contributed by atoms with E-state index < -0.39 is 12.7 Å². The zero-order valence-electron chi connectivity index (χ0n) is 9.90. The monoisotopic (exact) mass is 248 g/mol. The van der Waals surface area contributed by atoms with E-state index in [1.54, 1.807) is 6.07 Å². The van der Waals surface area contributed by atoms with E-state index in [4.69, 9.17) is 9.31 Å². The van der Waals surface area contributed by atoms with Gasteiger partial charge in [-0.3, -0.25) is 4.79 Å². The van der Waals surface area contributed by atoms with Crippen molar-refractivity contribution in [3.8, 4) is 0 Å². The first kappa shape index (κ1) is 12.3. The second-order valence-corrected chi connectivity index (χ2v) is 4.98. The predicted molar refractivity (Wildman–Crippen MR) is 71.3 cm³/mol. The van der Waals surface area contributed by atoms with Crippen molar-refractivity contribution >= 4 is 27.3 Å². The minimum absolute atomic E-state index is 0.0804. The average Bonchev–Trinajstić information content (AvgIpc) is 2.53. The highest BCUT2D eigenvalue weighted by Gasteiger charge is 2.43. The summed E-state index contributed by atoms with van der Waals surface area (Å²) in [4.78, 5) is 11.5. The van der Waals surface area contributed by atoms with Crippen LogP contribution in [0.15, 0.2) is 36.6 Å². The summed E-state index contributed by atoms with van der Waals surface area (Å²) in [6.45, 7) is 7.60. The third kappa shape index (κ3) is 2.29. The van der Waals surface area contributed by atoms with Gasteiger partial charge in [0.2, 0.25) is 0 Å². The fourth-order valence-corrected chi connectivity index (χ4v) is 1.95. The Morgan fingerprint density at radius 2 is 2.06 bits per heavy atom. The fourth-order valence-electron chi connectivity index (χ4n) is 1.68. The van der Waals surface area contributed by atoms with Crippen molar-refractivity contribution in [3.05, 3.63) is 42.2 Å². The Morgan fingerprint density at radius 1 is 1.41 bits per heavy atom. The Morgan fingerprint density at radius 3 is 2.59 bits per heavy atom. The summed E-state index contributed by atoms with van der Waals surface area (Å²) in [5, 5.41) is 0. The second kappa shape index (κ2) is 4.28. The van der Waals surface area contributed by atoms with Crippen LogP contribution >= 0.6 is 9.24 Å². The van der Waals surface area contributed by atoms with Gasteiger partial charge in [-0.1, -0.05) is 40.1 Å². The Balaban J connectivity index is 2.37. The number of rotatable bonds is 2. The summed E-state index contributed by atoms with van der Waals surface area (Å²) in [5.74, 6) is 0.577. The molecular weight excluding hydrogens is 234 g/mol. The molecule has 1 aromatic carbocycles. The lowest BCUT2D eigenvalue weighted by Crippen LogP contribution is -2.37. The zero-order valence-corrected chi connectivity index (χ0v) is 11.1. The molecule has 0 bridgehead atoms. The normalized spacial score (nSPS) is 18.1. The zero-order chi connectivity index (χ0) is 12.6. The van der Waals surface area contributed by atoms with E-state index >= 15 is 0 Å². The van der Waals surface area contributed by atoms with E-state index in [1.807, 2.05) is 32.0 Å². The van der Waals surface area contributed by atoms with Gasteiger partial charge < -0.3 is 9.31 Å². The maximum Gasteiger partial charge on any atom is 0.564 e. The molecule has 17 heavy (non-hydrogen) atoms. The summed E-state index contributed by atoms with van der Waals surface area (Å²) in [6, 6.07) is 7.26. The lowest BCUT2D eigenvalue weighted by atomic mass is 9.76. The van der Waals surface area contributed by atoms with Crippen LogP contribution in [0.3, 0.4) is 0 Å². The van der Waals surface area contributed by atoms with Crippen LogP contribution in [-0.2, 0) is 9.31 Å². The highest BCUT2D eigenvalue weighted by molar-refractivity contribution is 7.41. The molecule has 3 nitrogen and oxygen atoms in total. The smallest absolute Gasteiger partial charge is 0.534 e. The number of hydrogen-bond donors (Lipinski definition) is 0. The maximum atomic E-state index is 11.5. The van der Waals surface area contributed by atoms with Gasteiger partial charge in [-0.05, 0) is 13.8 Å². The number of hydrogen-bond acceptors (Lipinski definition) is 3. The standard InChI is InChI=1S/C12H14BO3P/c1-8-12(2,3)16-13(15-8)10-7-5-4-6-9(10)11(14)17/h4-7H,1,17H2,2-3H3. The molecule has 1 unspecified atom stereocenters. The molecule has 1 aromatic rings. The van der Waals surface area contributed by atoms with E-state index in [9.17, 15) is 4.79 Å². The minimum atomic E-state index is -0.557. The maximum absolute atomic E-state index is 11.5. The highest BCUT2D eigenvalue weighted by Crippen LogP contribution is 2.29. The van der Waals surface area contributed by atoms with Gasteiger partial charge in [-0.25, -0.2) is 0 Å². The lowest BCUT2D eigenvalue weighted by Gasteiger charge is -2.15. The van der Waals surface area contributed by atoms with Gasteiger partial charge in [0.25, 0.3) is 0 Å². The van der Waals surface area contributed by atoms with Crippen LogP contribution in [0.1, 0.15) is 24.2 Å². The van der Waals surface area contributed by atoms with Crippen molar-refractivity contribution in [1.29, 1.82) is 0 Å². The van der Waals surface area contributed by atoms with E-state index in [-0.39, 0.29) is 5.52 Å².